The number of quaternary nitrogens is 2. The Morgan fingerprint density at radius 1 is 1.04 bits per heavy atom. The zero-order valence-corrected chi connectivity index (χ0v) is 16.9. The van der Waals surface area contributed by atoms with E-state index in [1.807, 2.05) is 7.05 Å². The van der Waals surface area contributed by atoms with Crippen molar-refractivity contribution >= 4 is 16.0 Å². The van der Waals surface area contributed by atoms with Crippen LogP contribution in [0.25, 0.3) is 0 Å². The molecule has 0 aromatic carbocycles. The number of hydrogen-bond donors (Lipinski definition) is 2. The van der Waals surface area contributed by atoms with Gasteiger partial charge in [0.05, 0.1) is 40.8 Å². The lowest BCUT2D eigenvalue weighted by atomic mass is 10.2. The first-order valence-electron chi connectivity index (χ1n) is 8.80. The van der Waals surface area contributed by atoms with E-state index in [1.54, 1.807) is 0 Å². The summed E-state index contributed by atoms with van der Waals surface area (Å²) in [7, 11) is 1.92. The molecule has 0 aliphatic carbocycles. The van der Waals surface area contributed by atoms with Crippen LogP contribution < -0.4 is 5.32 Å². The van der Waals surface area contributed by atoms with Crippen LogP contribution in [0, 0.1) is 0 Å². The molecule has 0 aliphatic rings. The van der Waals surface area contributed by atoms with Gasteiger partial charge in [0.2, 0.25) is 11.8 Å². The summed E-state index contributed by atoms with van der Waals surface area (Å²) in [5.41, 5.74) is 0. The maximum absolute atomic E-state index is 11.8. The Kier molecular flexibility index (Phi) is 10.0. The third kappa shape index (κ3) is 11.8. The van der Waals surface area contributed by atoms with Crippen molar-refractivity contribution in [3.05, 3.63) is 0 Å². The number of unbranched alkanes of at least 4 members (excludes halogenated alkanes) is 2. The lowest BCUT2D eigenvalue weighted by molar-refractivity contribution is -0.948. The molecular formula is C16H37N3O4S+2. The van der Waals surface area contributed by atoms with E-state index in [9.17, 15) is 17.8 Å². The fraction of sp³-hybridized carbons (Fsp3) is 0.938. The second-order valence-electron chi connectivity index (χ2n) is 7.56. The van der Waals surface area contributed by atoms with Gasteiger partial charge in [-0.1, -0.05) is 19.8 Å². The van der Waals surface area contributed by atoms with Gasteiger partial charge in [0.15, 0.2) is 0 Å². The van der Waals surface area contributed by atoms with Crippen molar-refractivity contribution in [1.29, 1.82) is 0 Å². The molecule has 0 saturated heterocycles. The SMILES string of the molecule is CCCCCC(=O)NCC[N+](C)(CC[N+](C)(C)CC)CS(=O)(=O)O. The van der Waals surface area contributed by atoms with Crippen molar-refractivity contribution in [2.75, 3.05) is 59.7 Å². The van der Waals surface area contributed by atoms with Gasteiger partial charge in [0, 0.05) is 6.42 Å². The Balaban J connectivity index is 4.58. The van der Waals surface area contributed by atoms with Crippen LogP contribution >= 0.6 is 0 Å². The average molecular weight is 368 g/mol. The van der Waals surface area contributed by atoms with E-state index in [1.165, 1.54) is 0 Å². The Morgan fingerprint density at radius 3 is 2.17 bits per heavy atom. The molecule has 0 aromatic heterocycles. The van der Waals surface area contributed by atoms with E-state index in [0.717, 1.165) is 36.8 Å². The van der Waals surface area contributed by atoms with Crippen LogP contribution in [-0.2, 0) is 14.9 Å². The molecule has 8 heteroatoms. The highest BCUT2D eigenvalue weighted by molar-refractivity contribution is 7.85. The fourth-order valence-corrected chi connectivity index (χ4v) is 3.44. The minimum absolute atomic E-state index is 0.00604. The summed E-state index contributed by atoms with van der Waals surface area (Å²) < 4.78 is 32.9. The van der Waals surface area contributed by atoms with Crippen molar-refractivity contribution < 1.29 is 26.7 Å². The number of carbonyl (C=O) groups excluding carboxylic acids is 1. The van der Waals surface area contributed by atoms with Gasteiger partial charge in [-0.2, -0.15) is 8.42 Å². The third-order valence-corrected chi connectivity index (χ3v) is 5.51. The Hall–Kier alpha value is -0.700. The van der Waals surface area contributed by atoms with E-state index in [2.05, 4.69) is 33.3 Å². The number of hydrogen-bond acceptors (Lipinski definition) is 3. The monoisotopic (exact) mass is 367 g/mol. The molecule has 0 bridgehead atoms. The summed E-state index contributed by atoms with van der Waals surface area (Å²) >= 11 is 0. The van der Waals surface area contributed by atoms with Crippen LogP contribution in [0.15, 0.2) is 0 Å². The van der Waals surface area contributed by atoms with Crippen molar-refractivity contribution in [1.82, 2.24) is 5.32 Å². The van der Waals surface area contributed by atoms with Gasteiger partial charge in [-0.3, -0.25) is 9.35 Å². The van der Waals surface area contributed by atoms with Crippen LogP contribution in [0.2, 0.25) is 0 Å². The summed E-state index contributed by atoms with van der Waals surface area (Å²) in [5.74, 6) is -0.325. The molecule has 0 heterocycles. The van der Waals surface area contributed by atoms with Gasteiger partial charge in [-0.05, 0) is 13.3 Å². The zero-order valence-electron chi connectivity index (χ0n) is 16.0. The molecule has 144 valence electrons. The Morgan fingerprint density at radius 2 is 1.67 bits per heavy atom. The van der Waals surface area contributed by atoms with Crippen LogP contribution in [-0.4, -0.2) is 87.6 Å². The largest absolute Gasteiger partial charge is 0.350 e. The summed E-state index contributed by atoms with van der Waals surface area (Å²) in [6.07, 6.45) is 3.49. The smallest absolute Gasteiger partial charge is 0.316 e. The predicted octanol–water partition coefficient (Wildman–Crippen LogP) is 1.07. The Bertz CT molecular complexity index is 480. The molecule has 7 nitrogen and oxygen atoms in total. The Labute approximate surface area is 147 Å². The molecule has 1 amide bonds. The number of nitrogens with zero attached hydrogens (tertiary/aromatic N) is 2. The highest BCUT2D eigenvalue weighted by Crippen LogP contribution is 2.08. The number of nitrogens with one attached hydrogen (secondary N) is 1. The minimum atomic E-state index is -4.07. The van der Waals surface area contributed by atoms with E-state index in [0.29, 0.717) is 26.1 Å². The quantitative estimate of drug-likeness (QED) is 0.290. The summed E-state index contributed by atoms with van der Waals surface area (Å²) in [6, 6.07) is 0. The summed E-state index contributed by atoms with van der Waals surface area (Å²) in [4.78, 5) is 11.8. The van der Waals surface area contributed by atoms with Gasteiger partial charge in [0.1, 0.15) is 13.1 Å². The van der Waals surface area contributed by atoms with Gasteiger partial charge in [-0.25, -0.2) is 0 Å². The number of likely N-dealkylation sites (N-methyl/N-ethyl adjacent to an activating group) is 2. The van der Waals surface area contributed by atoms with Crippen molar-refractivity contribution in [3.63, 3.8) is 0 Å². The third-order valence-electron chi connectivity index (χ3n) is 4.56. The topological polar surface area (TPSA) is 83.5 Å². The second kappa shape index (κ2) is 10.3. The molecule has 0 rings (SSSR count). The van der Waals surface area contributed by atoms with E-state index < -0.39 is 10.1 Å². The molecule has 0 saturated carbocycles. The molecule has 0 aliphatic heterocycles. The van der Waals surface area contributed by atoms with Gasteiger partial charge in [0.25, 0.3) is 0 Å². The van der Waals surface area contributed by atoms with E-state index in [4.69, 9.17) is 0 Å². The predicted molar refractivity (Wildman–Crippen MR) is 97.0 cm³/mol. The number of carbonyl (C=O) groups is 1. The first-order valence-corrected chi connectivity index (χ1v) is 10.4. The van der Waals surface area contributed by atoms with Crippen molar-refractivity contribution in [2.45, 2.75) is 39.5 Å². The first-order chi connectivity index (χ1) is 10.9. The summed E-state index contributed by atoms with van der Waals surface area (Å²) in [6.45, 7) is 7.43. The van der Waals surface area contributed by atoms with Crippen molar-refractivity contribution in [2.24, 2.45) is 0 Å². The molecule has 1 unspecified atom stereocenters. The average Bonchev–Trinajstić information content (AvgIpc) is 2.44. The number of amides is 1. The van der Waals surface area contributed by atoms with Crippen LogP contribution in [0.5, 0.6) is 0 Å². The van der Waals surface area contributed by atoms with E-state index in [-0.39, 0.29) is 16.3 Å². The normalized spacial score (nSPS) is 15.1. The van der Waals surface area contributed by atoms with Gasteiger partial charge >= 0.3 is 10.1 Å². The van der Waals surface area contributed by atoms with Crippen LogP contribution in [0.1, 0.15) is 39.5 Å². The highest BCUT2D eigenvalue weighted by atomic mass is 32.2. The molecule has 0 spiro atoms. The maximum Gasteiger partial charge on any atom is 0.316 e. The lowest BCUT2D eigenvalue weighted by Gasteiger charge is -2.37. The standard InChI is InChI=1S/C16H35N3O4S/c1-6-8-9-10-16(20)17-11-12-19(5,15-24(21,22)23)14-13-18(3,4)7-2/h6-15H2,1-5H3/p+2. The van der Waals surface area contributed by atoms with Crippen LogP contribution in [0.3, 0.4) is 0 Å². The summed E-state index contributed by atoms with van der Waals surface area (Å²) in [5, 5.41) is 2.86. The molecular weight excluding hydrogens is 330 g/mol. The number of rotatable bonds is 13. The first kappa shape index (κ1) is 23.3. The minimum Gasteiger partial charge on any atom is -0.350 e. The molecule has 0 aromatic rings. The molecule has 0 fully saturated rings. The highest BCUT2D eigenvalue weighted by Gasteiger charge is 2.30. The lowest BCUT2D eigenvalue weighted by Crippen LogP contribution is -2.56. The second-order valence-corrected chi connectivity index (χ2v) is 8.98. The van der Waals surface area contributed by atoms with Crippen LogP contribution in [0.4, 0.5) is 0 Å². The fourth-order valence-electron chi connectivity index (χ4n) is 2.39. The van der Waals surface area contributed by atoms with Crippen molar-refractivity contribution in [3.8, 4) is 0 Å². The van der Waals surface area contributed by atoms with Gasteiger partial charge in [-0.15, -0.1) is 0 Å². The van der Waals surface area contributed by atoms with Gasteiger partial charge < -0.3 is 14.3 Å². The van der Waals surface area contributed by atoms with E-state index >= 15 is 0 Å². The molecule has 24 heavy (non-hydrogen) atoms. The molecule has 1 atom stereocenters. The maximum atomic E-state index is 11.8. The zero-order chi connectivity index (χ0) is 18.9. The molecule has 2 N–H and O–H groups in total. The molecule has 0 radical (unpaired) electrons.